The molecule has 3 rings (SSSR count). The van der Waals surface area contributed by atoms with E-state index in [0.29, 0.717) is 6.10 Å². The van der Waals surface area contributed by atoms with Gasteiger partial charge in [0.05, 0.1) is 42.0 Å². The Morgan fingerprint density at radius 3 is 2.47 bits per heavy atom. The van der Waals surface area contributed by atoms with Crippen molar-refractivity contribution >= 4 is 34.2 Å². The molecule has 7 atom stereocenters. The molecule has 0 N–H and O–H groups in total. The summed E-state index contributed by atoms with van der Waals surface area (Å²) in [6, 6.07) is 0. The maximum atomic E-state index is 6.39. The zero-order valence-electron chi connectivity index (χ0n) is 10.8. The first-order chi connectivity index (χ1) is 9.21. The zero-order chi connectivity index (χ0) is 13.4. The van der Waals surface area contributed by atoms with Gasteiger partial charge in [0.25, 0.3) is 0 Å². The van der Waals surface area contributed by atoms with E-state index in [-0.39, 0.29) is 35.9 Å². The molecular weight excluding hydrogens is 379 g/mol. The van der Waals surface area contributed by atoms with E-state index >= 15 is 0 Å². The first-order valence-corrected chi connectivity index (χ1v) is 8.94. The second-order valence-corrected chi connectivity index (χ2v) is 7.07. The number of alkyl halides is 2. The summed E-state index contributed by atoms with van der Waals surface area (Å²) >= 11 is 8.77. The molecule has 0 spiro atoms. The van der Waals surface area contributed by atoms with Gasteiger partial charge in [0.2, 0.25) is 0 Å². The molecule has 0 aromatic carbocycles. The van der Waals surface area contributed by atoms with Crippen molar-refractivity contribution in [3.8, 4) is 0 Å². The Morgan fingerprint density at radius 1 is 1.05 bits per heavy atom. The molecule has 3 saturated heterocycles. The lowest BCUT2D eigenvalue weighted by atomic mass is 9.90. The number of hydrogen-bond donors (Lipinski definition) is 0. The quantitative estimate of drug-likeness (QED) is 0.415. The summed E-state index contributed by atoms with van der Waals surface area (Å²) in [6.07, 6.45) is 6.65. The van der Waals surface area contributed by atoms with E-state index < -0.39 is 0 Å². The second-order valence-electron chi connectivity index (χ2n) is 5.62. The minimum atomic E-state index is 0.0264. The van der Waals surface area contributed by atoms with Crippen molar-refractivity contribution in [3.63, 3.8) is 0 Å². The molecule has 3 heterocycles. The van der Waals surface area contributed by atoms with E-state index in [1.807, 2.05) is 6.08 Å². The summed E-state index contributed by atoms with van der Waals surface area (Å²) in [5, 5.41) is 0.0264. The molecule has 5 heteroatoms. The predicted molar refractivity (Wildman–Crippen MR) is 83.2 cm³/mol. The summed E-state index contributed by atoms with van der Waals surface area (Å²) in [4.78, 5) is 0. The minimum Gasteiger partial charge on any atom is -0.371 e. The number of ether oxygens (including phenoxy) is 3. The Balaban J connectivity index is 1.65. The molecule has 108 valence electrons. The third-order valence-electron chi connectivity index (χ3n) is 4.29. The van der Waals surface area contributed by atoms with Gasteiger partial charge in [-0.25, -0.2) is 0 Å². The summed E-state index contributed by atoms with van der Waals surface area (Å²) in [5.74, 6) is 0. The molecule has 19 heavy (non-hydrogen) atoms. The highest BCUT2D eigenvalue weighted by atomic mass is 127. The Bertz CT molecular complexity index is 341. The summed E-state index contributed by atoms with van der Waals surface area (Å²) in [7, 11) is 0. The summed E-state index contributed by atoms with van der Waals surface area (Å²) in [6.45, 7) is 3.77. The van der Waals surface area contributed by atoms with Gasteiger partial charge in [-0.1, -0.05) is 28.7 Å². The van der Waals surface area contributed by atoms with Gasteiger partial charge in [0, 0.05) is 17.3 Å². The molecule has 0 saturated carbocycles. The number of halogens is 2. The SMILES string of the molecule is C=CC[C@@H]1O[C@@H]2C[C@@H]3O[C@H](CI)C[C@@H]3O[C@@H]2C[C@@H]1Cl. The second kappa shape index (κ2) is 6.18. The maximum Gasteiger partial charge on any atom is 0.0867 e. The van der Waals surface area contributed by atoms with Gasteiger partial charge in [-0.3, -0.25) is 0 Å². The van der Waals surface area contributed by atoms with Gasteiger partial charge in [-0.05, 0) is 12.8 Å². The molecule has 0 unspecified atom stereocenters. The molecule has 0 radical (unpaired) electrons. The highest BCUT2D eigenvalue weighted by Gasteiger charge is 2.48. The van der Waals surface area contributed by atoms with Gasteiger partial charge in [-0.15, -0.1) is 18.2 Å². The molecule has 3 aliphatic rings. The van der Waals surface area contributed by atoms with E-state index in [1.54, 1.807) is 0 Å². The van der Waals surface area contributed by atoms with E-state index in [0.717, 1.165) is 30.1 Å². The Labute approximate surface area is 133 Å². The standard InChI is InChI=1S/C14H20ClIO3/c1-2-3-10-9(15)5-12-14(18-10)6-13-11(19-12)4-8(7-16)17-13/h2,8-14H,1,3-7H2/t8-,9-,10-,11-,12+,13-,14+/m0/s1. The third-order valence-corrected chi connectivity index (χ3v) is 5.73. The van der Waals surface area contributed by atoms with Crippen LogP contribution in [-0.2, 0) is 14.2 Å². The van der Waals surface area contributed by atoms with E-state index in [9.17, 15) is 0 Å². The van der Waals surface area contributed by atoms with E-state index in [4.69, 9.17) is 25.8 Å². The van der Waals surface area contributed by atoms with Crippen molar-refractivity contribution < 1.29 is 14.2 Å². The molecule has 3 aliphatic heterocycles. The fourth-order valence-electron chi connectivity index (χ4n) is 3.35. The molecule has 3 nitrogen and oxygen atoms in total. The van der Waals surface area contributed by atoms with Crippen molar-refractivity contribution in [1.29, 1.82) is 0 Å². The van der Waals surface area contributed by atoms with Gasteiger partial charge >= 0.3 is 0 Å². The predicted octanol–water partition coefficient (Wildman–Crippen LogP) is 3.08. The first kappa shape index (κ1) is 14.6. The molecule has 0 aromatic heterocycles. The van der Waals surface area contributed by atoms with Crippen molar-refractivity contribution in [3.05, 3.63) is 12.7 Å². The average Bonchev–Trinajstić information content (AvgIpc) is 2.79. The monoisotopic (exact) mass is 398 g/mol. The lowest BCUT2D eigenvalue weighted by Gasteiger charge is -2.44. The molecule has 0 amide bonds. The fraction of sp³-hybridized carbons (Fsp3) is 0.857. The van der Waals surface area contributed by atoms with Crippen LogP contribution >= 0.6 is 34.2 Å². The van der Waals surface area contributed by atoms with Crippen molar-refractivity contribution in [2.45, 2.75) is 67.7 Å². The first-order valence-electron chi connectivity index (χ1n) is 6.98. The maximum absolute atomic E-state index is 6.39. The lowest BCUT2D eigenvalue weighted by molar-refractivity contribution is -0.206. The average molecular weight is 399 g/mol. The van der Waals surface area contributed by atoms with Crippen molar-refractivity contribution in [2.24, 2.45) is 0 Å². The van der Waals surface area contributed by atoms with Crippen LogP contribution in [-0.4, -0.2) is 46.4 Å². The fourth-order valence-corrected chi connectivity index (χ4v) is 4.25. The number of rotatable bonds is 3. The normalized spacial score (nSPS) is 49.5. The molecule has 0 bridgehead atoms. The van der Waals surface area contributed by atoms with Gasteiger partial charge in [-0.2, -0.15) is 0 Å². The van der Waals surface area contributed by atoms with Crippen molar-refractivity contribution in [2.75, 3.05) is 4.43 Å². The zero-order valence-corrected chi connectivity index (χ0v) is 13.8. The van der Waals surface area contributed by atoms with Crippen LogP contribution in [0.4, 0.5) is 0 Å². The van der Waals surface area contributed by atoms with Gasteiger partial charge in [0.15, 0.2) is 0 Å². The van der Waals surface area contributed by atoms with E-state index in [1.165, 1.54) is 0 Å². The smallest absolute Gasteiger partial charge is 0.0867 e. The van der Waals surface area contributed by atoms with Crippen LogP contribution in [0.15, 0.2) is 12.7 Å². The number of hydrogen-bond acceptors (Lipinski definition) is 3. The Morgan fingerprint density at radius 2 is 1.74 bits per heavy atom. The highest BCUT2D eigenvalue weighted by molar-refractivity contribution is 14.1. The van der Waals surface area contributed by atoms with Crippen LogP contribution < -0.4 is 0 Å². The Hall–Kier alpha value is 0.640. The van der Waals surface area contributed by atoms with Crippen LogP contribution in [0.3, 0.4) is 0 Å². The van der Waals surface area contributed by atoms with Crippen LogP contribution in [0.1, 0.15) is 25.7 Å². The highest BCUT2D eigenvalue weighted by Crippen LogP contribution is 2.40. The largest absolute Gasteiger partial charge is 0.371 e. The lowest BCUT2D eigenvalue weighted by Crippen LogP contribution is -2.53. The number of fused-ring (bicyclic) bond motifs is 2. The summed E-state index contributed by atoms with van der Waals surface area (Å²) < 4.78 is 19.3. The van der Waals surface area contributed by atoms with Gasteiger partial charge in [0.1, 0.15) is 0 Å². The summed E-state index contributed by atoms with van der Waals surface area (Å²) in [5.41, 5.74) is 0. The molecule has 0 aromatic rings. The van der Waals surface area contributed by atoms with Gasteiger partial charge < -0.3 is 14.2 Å². The topological polar surface area (TPSA) is 27.7 Å². The van der Waals surface area contributed by atoms with Crippen molar-refractivity contribution in [1.82, 2.24) is 0 Å². The van der Waals surface area contributed by atoms with Crippen LogP contribution in [0, 0.1) is 0 Å². The van der Waals surface area contributed by atoms with Crippen LogP contribution in [0.5, 0.6) is 0 Å². The molecule has 0 aliphatic carbocycles. The third kappa shape index (κ3) is 2.98. The van der Waals surface area contributed by atoms with Crippen LogP contribution in [0.25, 0.3) is 0 Å². The molecular formula is C14H20ClIO3. The molecule has 3 fully saturated rings. The minimum absolute atomic E-state index is 0.0264. The van der Waals surface area contributed by atoms with Crippen LogP contribution in [0.2, 0.25) is 0 Å². The Kier molecular flexibility index (Phi) is 4.74. The van der Waals surface area contributed by atoms with E-state index in [2.05, 4.69) is 29.2 Å².